The monoisotopic (exact) mass is 431 g/mol. The van der Waals surface area contributed by atoms with Crippen LogP contribution in [-0.2, 0) is 6.54 Å². The Labute approximate surface area is 179 Å². The van der Waals surface area contributed by atoms with Crippen LogP contribution in [0.2, 0.25) is 10.0 Å². The van der Waals surface area contributed by atoms with Gasteiger partial charge < -0.3 is 5.11 Å². The quantitative estimate of drug-likeness (QED) is 0.410. The maximum absolute atomic E-state index is 11.1. The predicted molar refractivity (Wildman–Crippen MR) is 116 cm³/mol. The van der Waals surface area contributed by atoms with E-state index in [0.717, 1.165) is 16.0 Å². The molecule has 0 heterocycles. The molecule has 0 saturated heterocycles. The van der Waals surface area contributed by atoms with E-state index in [-0.39, 0.29) is 11.6 Å². The summed E-state index contributed by atoms with van der Waals surface area (Å²) in [6, 6.07) is 22.6. The molecule has 1 unspecified atom stereocenters. The van der Waals surface area contributed by atoms with Gasteiger partial charge in [-0.1, -0.05) is 47.5 Å². The minimum atomic E-state index is -0.923. The molecule has 144 valence electrons. The average molecular weight is 432 g/mol. The number of rotatable bonds is 7. The van der Waals surface area contributed by atoms with Crippen LogP contribution in [-0.4, -0.2) is 15.4 Å². The molecular formula is C22H19Cl2NO2S. The zero-order valence-corrected chi connectivity index (χ0v) is 17.5. The Bertz CT molecular complexity index is 928. The SMILES string of the molecule is CC(c1ccc(Cl)cc1)N(Cc1ccc(C(=O)O)cc1)Sc1ccc(Cl)cc1. The second kappa shape index (κ2) is 9.48. The van der Waals surface area contributed by atoms with Gasteiger partial charge in [0.05, 0.1) is 5.56 Å². The summed E-state index contributed by atoms with van der Waals surface area (Å²) in [5.41, 5.74) is 2.46. The lowest BCUT2D eigenvalue weighted by molar-refractivity contribution is 0.0697. The van der Waals surface area contributed by atoms with Gasteiger partial charge >= 0.3 is 5.97 Å². The van der Waals surface area contributed by atoms with Crippen LogP contribution in [0.5, 0.6) is 0 Å². The second-order valence-corrected chi connectivity index (χ2v) is 8.35. The first-order chi connectivity index (χ1) is 13.4. The Kier molecular flexibility index (Phi) is 7.03. The van der Waals surface area contributed by atoms with Crippen molar-refractivity contribution in [2.24, 2.45) is 0 Å². The number of aromatic carboxylic acids is 1. The summed E-state index contributed by atoms with van der Waals surface area (Å²) in [7, 11) is 0. The van der Waals surface area contributed by atoms with Crippen molar-refractivity contribution in [3.05, 3.63) is 99.5 Å². The number of benzene rings is 3. The van der Waals surface area contributed by atoms with Gasteiger partial charge in [0.1, 0.15) is 0 Å². The molecule has 3 nitrogen and oxygen atoms in total. The van der Waals surface area contributed by atoms with Gasteiger partial charge in [0.25, 0.3) is 0 Å². The second-order valence-electron chi connectivity index (χ2n) is 6.35. The number of carbonyl (C=O) groups is 1. The highest BCUT2D eigenvalue weighted by atomic mass is 35.5. The van der Waals surface area contributed by atoms with E-state index in [1.54, 1.807) is 24.1 Å². The summed E-state index contributed by atoms with van der Waals surface area (Å²) < 4.78 is 2.25. The molecule has 28 heavy (non-hydrogen) atoms. The van der Waals surface area contributed by atoms with Gasteiger partial charge in [-0.25, -0.2) is 9.10 Å². The third-order valence-corrected chi connectivity index (χ3v) is 6.03. The van der Waals surface area contributed by atoms with Crippen molar-refractivity contribution in [3.63, 3.8) is 0 Å². The first kappa shape index (κ1) is 20.7. The fourth-order valence-electron chi connectivity index (χ4n) is 2.72. The molecule has 0 spiro atoms. The first-order valence-corrected chi connectivity index (χ1v) is 10.2. The molecule has 0 saturated carbocycles. The normalized spacial score (nSPS) is 12.1. The topological polar surface area (TPSA) is 40.5 Å². The Hall–Kier alpha value is -1.98. The summed E-state index contributed by atoms with van der Waals surface area (Å²) in [6.45, 7) is 2.79. The van der Waals surface area contributed by atoms with Crippen LogP contribution in [0.4, 0.5) is 0 Å². The van der Waals surface area contributed by atoms with Crippen molar-refractivity contribution >= 4 is 41.1 Å². The average Bonchev–Trinajstić information content (AvgIpc) is 2.69. The fraction of sp³-hybridized carbons (Fsp3) is 0.136. The van der Waals surface area contributed by atoms with Crippen molar-refractivity contribution in [2.45, 2.75) is 24.4 Å². The Morgan fingerprint density at radius 2 is 1.46 bits per heavy atom. The number of nitrogens with zero attached hydrogens (tertiary/aromatic N) is 1. The molecule has 3 rings (SSSR count). The maximum Gasteiger partial charge on any atom is 0.335 e. The molecule has 3 aromatic carbocycles. The third-order valence-electron chi connectivity index (χ3n) is 4.36. The van der Waals surface area contributed by atoms with Crippen molar-refractivity contribution < 1.29 is 9.90 Å². The van der Waals surface area contributed by atoms with E-state index >= 15 is 0 Å². The lowest BCUT2D eigenvalue weighted by Crippen LogP contribution is -2.19. The summed E-state index contributed by atoms with van der Waals surface area (Å²) in [4.78, 5) is 12.2. The molecule has 6 heteroatoms. The van der Waals surface area contributed by atoms with Gasteiger partial charge in [-0.3, -0.25) is 0 Å². The zero-order valence-electron chi connectivity index (χ0n) is 15.2. The Morgan fingerprint density at radius 3 is 2.00 bits per heavy atom. The summed E-state index contributed by atoms with van der Waals surface area (Å²) >= 11 is 13.7. The maximum atomic E-state index is 11.1. The molecule has 0 aliphatic rings. The number of hydrogen-bond donors (Lipinski definition) is 1. The van der Waals surface area contributed by atoms with Gasteiger partial charge in [-0.15, -0.1) is 0 Å². The van der Waals surface area contributed by atoms with E-state index in [9.17, 15) is 4.79 Å². The number of carboxylic acids is 1. The van der Waals surface area contributed by atoms with Gasteiger partial charge in [0, 0.05) is 27.5 Å². The van der Waals surface area contributed by atoms with E-state index in [1.165, 1.54) is 0 Å². The molecule has 1 N–H and O–H groups in total. The lowest BCUT2D eigenvalue weighted by Gasteiger charge is -2.28. The summed E-state index contributed by atoms with van der Waals surface area (Å²) in [5.74, 6) is -0.923. The highest BCUT2D eigenvalue weighted by Crippen LogP contribution is 2.34. The van der Waals surface area contributed by atoms with Crippen LogP contribution in [0.15, 0.2) is 77.7 Å². The molecule has 0 bridgehead atoms. The van der Waals surface area contributed by atoms with Crippen LogP contribution in [0.3, 0.4) is 0 Å². The predicted octanol–water partition coefficient (Wildman–Crippen LogP) is 6.96. The number of halogens is 2. The van der Waals surface area contributed by atoms with E-state index in [0.29, 0.717) is 16.6 Å². The third kappa shape index (κ3) is 5.52. The van der Waals surface area contributed by atoms with Crippen LogP contribution < -0.4 is 0 Å². The standard InChI is InChI=1S/C22H19Cl2NO2S/c1-15(17-6-8-19(23)9-7-17)25(28-21-12-10-20(24)11-13-21)14-16-2-4-18(5-3-16)22(26)27/h2-13,15H,14H2,1H3,(H,26,27). The number of hydrogen-bond acceptors (Lipinski definition) is 3. The van der Waals surface area contributed by atoms with Crippen LogP contribution in [0.1, 0.15) is 34.5 Å². The minimum absolute atomic E-state index is 0.108. The van der Waals surface area contributed by atoms with Crippen molar-refractivity contribution in [3.8, 4) is 0 Å². The molecule has 0 amide bonds. The van der Waals surface area contributed by atoms with Crippen LogP contribution in [0.25, 0.3) is 0 Å². The molecule has 0 fully saturated rings. The molecular weight excluding hydrogens is 413 g/mol. The largest absolute Gasteiger partial charge is 0.478 e. The molecule has 0 aromatic heterocycles. The molecule has 1 atom stereocenters. The molecule has 0 radical (unpaired) electrons. The van der Waals surface area contributed by atoms with E-state index in [4.69, 9.17) is 28.3 Å². The van der Waals surface area contributed by atoms with Gasteiger partial charge in [-0.2, -0.15) is 0 Å². The summed E-state index contributed by atoms with van der Waals surface area (Å²) in [5, 5.41) is 10.5. The Balaban J connectivity index is 1.85. The van der Waals surface area contributed by atoms with Crippen molar-refractivity contribution in [1.82, 2.24) is 4.31 Å². The molecule has 3 aromatic rings. The van der Waals surface area contributed by atoms with Gasteiger partial charge in [-0.05, 0) is 78.5 Å². The van der Waals surface area contributed by atoms with Gasteiger partial charge in [0.2, 0.25) is 0 Å². The highest BCUT2D eigenvalue weighted by molar-refractivity contribution is 7.97. The van der Waals surface area contributed by atoms with Crippen LogP contribution >= 0.6 is 35.1 Å². The van der Waals surface area contributed by atoms with Crippen molar-refractivity contribution in [2.75, 3.05) is 0 Å². The van der Waals surface area contributed by atoms with E-state index in [2.05, 4.69) is 11.2 Å². The number of carboxylic acid groups (broad SMARTS) is 1. The highest BCUT2D eigenvalue weighted by Gasteiger charge is 2.18. The minimum Gasteiger partial charge on any atom is -0.478 e. The zero-order chi connectivity index (χ0) is 20.1. The fourth-order valence-corrected chi connectivity index (χ4v) is 3.99. The lowest BCUT2D eigenvalue weighted by atomic mass is 10.1. The molecule has 0 aliphatic carbocycles. The first-order valence-electron chi connectivity index (χ1n) is 8.70. The summed E-state index contributed by atoms with van der Waals surface area (Å²) in [6.07, 6.45) is 0. The smallest absolute Gasteiger partial charge is 0.335 e. The van der Waals surface area contributed by atoms with E-state index in [1.807, 2.05) is 60.7 Å². The van der Waals surface area contributed by atoms with Crippen LogP contribution in [0, 0.1) is 0 Å². The molecule has 0 aliphatic heterocycles. The van der Waals surface area contributed by atoms with Gasteiger partial charge in [0.15, 0.2) is 0 Å². The Morgan fingerprint density at radius 1 is 0.929 bits per heavy atom. The van der Waals surface area contributed by atoms with Crippen molar-refractivity contribution in [1.29, 1.82) is 0 Å². The van der Waals surface area contributed by atoms with E-state index < -0.39 is 5.97 Å².